The van der Waals surface area contributed by atoms with Crippen molar-refractivity contribution in [1.29, 1.82) is 0 Å². The minimum atomic E-state index is -1.63. The molecule has 1 unspecified atom stereocenters. The Morgan fingerprint density at radius 3 is 1.68 bits per heavy atom. The van der Waals surface area contributed by atoms with Crippen LogP contribution in [0, 0.1) is 0 Å². The summed E-state index contributed by atoms with van der Waals surface area (Å²) in [4.78, 5) is 0.866. The SMILES string of the molecule is COc1ccc(S(=O)N([Si](C)(C)C)[Si](C)(C)C)cc1. The van der Waals surface area contributed by atoms with Crippen molar-refractivity contribution in [3.63, 3.8) is 0 Å². The number of rotatable bonds is 5. The second-order valence-corrected chi connectivity index (χ2v) is 18.6. The average molecular weight is 316 g/mol. The van der Waals surface area contributed by atoms with Gasteiger partial charge in [-0.25, -0.2) is 4.21 Å². The topological polar surface area (TPSA) is 29.5 Å². The van der Waals surface area contributed by atoms with E-state index in [0.29, 0.717) is 0 Å². The molecule has 1 aromatic carbocycles. The summed E-state index contributed by atoms with van der Waals surface area (Å²) in [6.45, 7) is 13.5. The number of methoxy groups -OCH3 is 1. The fraction of sp³-hybridized carbons (Fsp3) is 0.538. The van der Waals surface area contributed by atoms with E-state index in [1.54, 1.807) is 7.11 Å². The zero-order chi connectivity index (χ0) is 14.8. The van der Waals surface area contributed by atoms with E-state index in [4.69, 9.17) is 4.74 Å². The molecule has 1 atom stereocenters. The molecule has 0 saturated heterocycles. The van der Waals surface area contributed by atoms with E-state index in [2.05, 4.69) is 42.9 Å². The van der Waals surface area contributed by atoms with E-state index < -0.39 is 27.5 Å². The van der Waals surface area contributed by atoms with Crippen LogP contribution in [-0.2, 0) is 11.0 Å². The van der Waals surface area contributed by atoms with Gasteiger partial charge in [0.2, 0.25) is 0 Å². The molecule has 0 amide bonds. The third-order valence-corrected chi connectivity index (χ3v) is 14.4. The van der Waals surface area contributed by atoms with Crippen LogP contribution in [0.15, 0.2) is 29.2 Å². The van der Waals surface area contributed by atoms with Crippen LogP contribution >= 0.6 is 0 Å². The van der Waals surface area contributed by atoms with Crippen LogP contribution in [0.2, 0.25) is 39.3 Å². The van der Waals surface area contributed by atoms with Crippen LogP contribution < -0.4 is 4.74 Å². The lowest BCUT2D eigenvalue weighted by atomic mass is 10.3. The zero-order valence-electron chi connectivity index (χ0n) is 13.0. The van der Waals surface area contributed by atoms with Crippen molar-refractivity contribution < 1.29 is 8.95 Å². The second kappa shape index (κ2) is 5.91. The molecule has 108 valence electrons. The quantitative estimate of drug-likeness (QED) is 0.776. The molecule has 19 heavy (non-hydrogen) atoms. The van der Waals surface area contributed by atoms with Crippen molar-refractivity contribution in [3.05, 3.63) is 24.3 Å². The molecule has 0 aromatic heterocycles. The first-order valence-corrected chi connectivity index (χ1v) is 14.4. The van der Waals surface area contributed by atoms with Crippen molar-refractivity contribution in [2.75, 3.05) is 7.11 Å². The van der Waals surface area contributed by atoms with E-state index in [1.165, 1.54) is 0 Å². The molecule has 0 saturated carbocycles. The van der Waals surface area contributed by atoms with Crippen LogP contribution in [0.25, 0.3) is 0 Å². The van der Waals surface area contributed by atoms with Gasteiger partial charge in [0.05, 0.1) is 12.0 Å². The molecule has 0 N–H and O–H groups in total. The smallest absolute Gasteiger partial charge is 0.126 e. The van der Waals surface area contributed by atoms with Gasteiger partial charge in [-0.05, 0) is 24.3 Å². The first-order chi connectivity index (χ1) is 8.57. The summed E-state index contributed by atoms with van der Waals surface area (Å²) in [5.41, 5.74) is 0. The molecule has 1 rings (SSSR count). The second-order valence-electron chi connectivity index (χ2n) is 6.56. The summed E-state index contributed by atoms with van der Waals surface area (Å²) in [5, 5.41) is 0. The highest BCUT2D eigenvalue weighted by molar-refractivity contribution is 7.86. The summed E-state index contributed by atoms with van der Waals surface area (Å²) >= 11 is 0. The Hall–Kier alpha value is -0.436. The van der Waals surface area contributed by atoms with Crippen molar-refractivity contribution in [1.82, 2.24) is 3.64 Å². The Morgan fingerprint density at radius 2 is 1.37 bits per heavy atom. The van der Waals surface area contributed by atoms with Crippen LogP contribution in [0.1, 0.15) is 0 Å². The number of hydrogen-bond donors (Lipinski definition) is 0. The molecule has 3 nitrogen and oxygen atoms in total. The molecule has 0 radical (unpaired) electrons. The zero-order valence-corrected chi connectivity index (χ0v) is 15.8. The monoisotopic (exact) mass is 315 g/mol. The standard InChI is InChI=1S/C13H25NO2SSi2/c1-16-12-8-10-13(11-9-12)17(15)14(18(2,3)4)19(5,6)7/h8-11H,1-7H3. The Kier molecular flexibility index (Phi) is 5.17. The minimum Gasteiger partial charge on any atom is -0.497 e. The third kappa shape index (κ3) is 4.27. The minimum absolute atomic E-state index is 0.799. The number of ether oxygens (including phenoxy) is 1. The first kappa shape index (κ1) is 16.6. The summed E-state index contributed by atoms with van der Waals surface area (Å²) in [7, 11) is -2.68. The molecule has 0 aliphatic rings. The van der Waals surface area contributed by atoms with E-state index in [1.807, 2.05) is 24.3 Å². The van der Waals surface area contributed by atoms with Crippen molar-refractivity contribution in [3.8, 4) is 5.75 Å². The van der Waals surface area contributed by atoms with Crippen molar-refractivity contribution >= 4 is 27.5 Å². The number of hydrogen-bond acceptors (Lipinski definition) is 2. The summed E-state index contributed by atoms with van der Waals surface area (Å²) in [6.07, 6.45) is 0. The molecular formula is C13H25NO2SSi2. The maximum atomic E-state index is 12.9. The fourth-order valence-corrected chi connectivity index (χ4v) is 15.5. The number of benzene rings is 1. The third-order valence-electron chi connectivity index (χ3n) is 2.65. The van der Waals surface area contributed by atoms with E-state index >= 15 is 0 Å². The lowest BCUT2D eigenvalue weighted by Gasteiger charge is -2.41. The van der Waals surface area contributed by atoms with Crippen molar-refractivity contribution in [2.24, 2.45) is 0 Å². The molecule has 0 bridgehead atoms. The maximum Gasteiger partial charge on any atom is 0.126 e. The maximum absolute atomic E-state index is 12.9. The van der Waals surface area contributed by atoms with E-state index in [0.717, 1.165) is 10.6 Å². The van der Waals surface area contributed by atoms with Crippen LogP contribution in [0.3, 0.4) is 0 Å². The van der Waals surface area contributed by atoms with Gasteiger partial charge in [0, 0.05) is 0 Å². The summed E-state index contributed by atoms with van der Waals surface area (Å²) < 4.78 is 20.4. The molecule has 0 aliphatic carbocycles. The Bertz CT molecular complexity index is 435. The highest BCUT2D eigenvalue weighted by Crippen LogP contribution is 2.26. The van der Waals surface area contributed by atoms with Gasteiger partial charge in [-0.15, -0.1) is 0 Å². The van der Waals surface area contributed by atoms with Crippen LogP contribution in [-0.4, -0.2) is 31.4 Å². The van der Waals surface area contributed by atoms with Gasteiger partial charge in [-0.2, -0.15) is 0 Å². The highest BCUT2D eigenvalue weighted by Gasteiger charge is 2.39. The largest absolute Gasteiger partial charge is 0.497 e. The Labute approximate surface area is 121 Å². The summed E-state index contributed by atoms with van der Waals surface area (Å²) in [5.74, 6) is 0.799. The van der Waals surface area contributed by atoms with Gasteiger partial charge in [0.15, 0.2) is 0 Å². The van der Waals surface area contributed by atoms with Gasteiger partial charge >= 0.3 is 0 Å². The molecule has 6 heteroatoms. The fourth-order valence-electron chi connectivity index (χ4n) is 2.30. The van der Waals surface area contributed by atoms with Gasteiger partial charge < -0.3 is 4.74 Å². The molecular weight excluding hydrogens is 290 g/mol. The predicted molar refractivity (Wildman–Crippen MR) is 87.9 cm³/mol. The Balaban J connectivity index is 3.13. The summed E-state index contributed by atoms with van der Waals surface area (Å²) in [6, 6.07) is 7.56. The van der Waals surface area contributed by atoms with E-state index in [9.17, 15) is 4.21 Å². The average Bonchev–Trinajstić information content (AvgIpc) is 2.25. The normalized spacial score (nSPS) is 14.5. The van der Waals surface area contributed by atoms with Gasteiger partial charge in [0.1, 0.15) is 33.2 Å². The molecule has 1 aromatic rings. The van der Waals surface area contributed by atoms with Crippen molar-refractivity contribution in [2.45, 2.75) is 44.2 Å². The van der Waals surface area contributed by atoms with Gasteiger partial charge in [0.25, 0.3) is 0 Å². The first-order valence-electron chi connectivity index (χ1n) is 6.43. The lowest BCUT2D eigenvalue weighted by Crippen LogP contribution is -2.59. The van der Waals surface area contributed by atoms with Crippen LogP contribution in [0.4, 0.5) is 0 Å². The van der Waals surface area contributed by atoms with Gasteiger partial charge in [-0.1, -0.05) is 39.3 Å². The Morgan fingerprint density at radius 1 is 0.947 bits per heavy atom. The molecule has 0 heterocycles. The van der Waals surface area contributed by atoms with Gasteiger partial charge in [-0.3, -0.25) is 3.64 Å². The molecule has 0 aliphatic heterocycles. The predicted octanol–water partition coefficient (Wildman–Crippen LogP) is 3.69. The van der Waals surface area contributed by atoms with Crippen LogP contribution in [0.5, 0.6) is 5.75 Å². The molecule has 0 fully saturated rings. The van der Waals surface area contributed by atoms with E-state index in [-0.39, 0.29) is 0 Å². The highest BCUT2D eigenvalue weighted by atomic mass is 32.2. The molecule has 0 spiro atoms. The number of nitrogens with zero attached hydrogens (tertiary/aromatic N) is 1. The lowest BCUT2D eigenvalue weighted by molar-refractivity contribution is 0.414.